The number of nitrogens with zero attached hydrogens (tertiary/aromatic N) is 2. The zero-order chi connectivity index (χ0) is 31.0. The van der Waals surface area contributed by atoms with E-state index in [1.807, 2.05) is 45.0 Å². The van der Waals surface area contributed by atoms with Crippen molar-refractivity contribution < 1.29 is 28.4 Å². The number of para-hydroxylation sites is 1. The molecule has 0 saturated heterocycles. The van der Waals surface area contributed by atoms with Gasteiger partial charge in [-0.3, -0.25) is 19.3 Å². The van der Waals surface area contributed by atoms with E-state index in [9.17, 15) is 14.4 Å². The molecule has 3 rings (SSSR count). The summed E-state index contributed by atoms with van der Waals surface area (Å²) in [6.07, 6.45) is 0.372. The Kier molecular flexibility index (Phi) is 10.7. The van der Waals surface area contributed by atoms with Gasteiger partial charge in [0.2, 0.25) is 17.7 Å². The average molecular weight is 579 g/mol. The number of carbonyl (C=O) groups is 3. The summed E-state index contributed by atoms with van der Waals surface area (Å²) < 4.78 is 16.2. The first-order valence-corrected chi connectivity index (χ1v) is 14.1. The number of benzene rings is 2. The van der Waals surface area contributed by atoms with Crippen LogP contribution in [0.15, 0.2) is 53.1 Å². The molecule has 0 radical (unpaired) electrons. The minimum absolute atomic E-state index is 0.130. The van der Waals surface area contributed by atoms with Crippen LogP contribution in [0.4, 0.5) is 11.5 Å². The lowest BCUT2D eigenvalue weighted by atomic mass is 9.96. The summed E-state index contributed by atoms with van der Waals surface area (Å²) in [6.45, 7) is 11.7. The largest absolute Gasteiger partial charge is 0.493 e. The number of amides is 3. The second-order valence-corrected chi connectivity index (χ2v) is 11.1. The quantitative estimate of drug-likeness (QED) is 0.258. The van der Waals surface area contributed by atoms with Crippen LogP contribution in [0.3, 0.4) is 0 Å². The molecule has 1 aromatic heterocycles. The molecule has 226 valence electrons. The first-order chi connectivity index (χ1) is 19.9. The SMILES string of the molecule is CCC(C)(C)NC(=O)C(c1cccc(OC)c1OC)N(C(=O)CCC(=O)Nc1cc(C)on1)c1ccc(C(C)C)cc1. The van der Waals surface area contributed by atoms with Crippen molar-refractivity contribution in [1.82, 2.24) is 10.5 Å². The molecule has 3 amide bonds. The molecule has 1 heterocycles. The third-order valence-electron chi connectivity index (χ3n) is 7.15. The summed E-state index contributed by atoms with van der Waals surface area (Å²) in [5, 5.41) is 9.52. The molecule has 0 aliphatic carbocycles. The second kappa shape index (κ2) is 14.0. The van der Waals surface area contributed by atoms with Gasteiger partial charge in [-0.05, 0) is 56.9 Å². The Morgan fingerprint density at radius 1 is 1.02 bits per heavy atom. The van der Waals surface area contributed by atoms with Gasteiger partial charge >= 0.3 is 0 Å². The second-order valence-electron chi connectivity index (χ2n) is 11.1. The number of hydrogen-bond donors (Lipinski definition) is 2. The van der Waals surface area contributed by atoms with E-state index in [4.69, 9.17) is 14.0 Å². The van der Waals surface area contributed by atoms with Gasteiger partial charge in [-0.25, -0.2) is 0 Å². The van der Waals surface area contributed by atoms with Crippen LogP contribution in [0, 0.1) is 6.92 Å². The Balaban J connectivity index is 2.10. The number of nitrogens with one attached hydrogen (secondary N) is 2. The Morgan fingerprint density at radius 2 is 1.71 bits per heavy atom. The molecule has 3 aromatic rings. The summed E-state index contributed by atoms with van der Waals surface area (Å²) in [4.78, 5) is 42.4. The molecule has 0 spiro atoms. The van der Waals surface area contributed by atoms with Gasteiger partial charge in [0.1, 0.15) is 11.8 Å². The van der Waals surface area contributed by atoms with Crippen LogP contribution in [0.2, 0.25) is 0 Å². The Labute approximate surface area is 247 Å². The van der Waals surface area contributed by atoms with Crippen molar-refractivity contribution >= 4 is 29.2 Å². The third kappa shape index (κ3) is 7.90. The Bertz CT molecular complexity index is 1380. The fourth-order valence-corrected chi connectivity index (χ4v) is 4.44. The number of ether oxygens (including phenoxy) is 2. The maximum Gasteiger partial charge on any atom is 0.248 e. The molecular formula is C32H42N4O6. The number of carbonyl (C=O) groups excluding carboxylic acids is 3. The summed E-state index contributed by atoms with van der Waals surface area (Å²) in [6, 6.07) is 13.2. The van der Waals surface area contributed by atoms with E-state index in [2.05, 4.69) is 29.6 Å². The highest BCUT2D eigenvalue weighted by atomic mass is 16.5. The van der Waals surface area contributed by atoms with Crippen molar-refractivity contribution in [3.63, 3.8) is 0 Å². The number of methoxy groups -OCH3 is 2. The minimum atomic E-state index is -1.13. The van der Waals surface area contributed by atoms with Crippen LogP contribution < -0.4 is 25.0 Å². The summed E-state index contributed by atoms with van der Waals surface area (Å²) in [5.41, 5.74) is 1.50. The van der Waals surface area contributed by atoms with Gasteiger partial charge in [0.05, 0.1) is 14.2 Å². The lowest BCUT2D eigenvalue weighted by molar-refractivity contribution is -0.128. The van der Waals surface area contributed by atoms with E-state index in [1.165, 1.54) is 19.1 Å². The first-order valence-electron chi connectivity index (χ1n) is 14.1. The van der Waals surface area contributed by atoms with Gasteiger partial charge < -0.3 is 24.6 Å². The molecular weight excluding hydrogens is 536 g/mol. The Hall–Kier alpha value is -4.34. The molecule has 0 fully saturated rings. The van der Waals surface area contributed by atoms with Crippen molar-refractivity contribution in [2.45, 2.75) is 78.3 Å². The van der Waals surface area contributed by atoms with Crippen LogP contribution in [-0.2, 0) is 14.4 Å². The van der Waals surface area contributed by atoms with Crippen LogP contribution in [0.25, 0.3) is 0 Å². The molecule has 2 aromatic carbocycles. The molecule has 0 saturated carbocycles. The fraction of sp³-hybridized carbons (Fsp3) is 0.438. The van der Waals surface area contributed by atoms with Crippen LogP contribution in [0.1, 0.15) is 82.7 Å². The fourth-order valence-electron chi connectivity index (χ4n) is 4.44. The average Bonchev–Trinajstić information content (AvgIpc) is 3.37. The molecule has 10 nitrogen and oxygen atoms in total. The normalized spacial score (nSPS) is 12.0. The first kappa shape index (κ1) is 32.2. The number of rotatable bonds is 13. The van der Waals surface area contributed by atoms with Gasteiger partial charge in [-0.15, -0.1) is 0 Å². The molecule has 0 bridgehead atoms. The molecule has 0 aliphatic rings. The number of hydrogen-bond acceptors (Lipinski definition) is 7. The summed E-state index contributed by atoms with van der Waals surface area (Å²) >= 11 is 0. The van der Waals surface area contributed by atoms with Crippen molar-refractivity contribution in [1.29, 1.82) is 0 Å². The van der Waals surface area contributed by atoms with Gasteiger partial charge in [-0.2, -0.15) is 0 Å². The maximum absolute atomic E-state index is 14.2. The van der Waals surface area contributed by atoms with Gasteiger partial charge in [0, 0.05) is 35.7 Å². The lowest BCUT2D eigenvalue weighted by Crippen LogP contribution is -2.50. The van der Waals surface area contributed by atoms with E-state index in [1.54, 1.807) is 31.2 Å². The molecule has 2 N–H and O–H groups in total. The summed E-state index contributed by atoms with van der Waals surface area (Å²) in [7, 11) is 3.01. The monoisotopic (exact) mass is 578 g/mol. The molecule has 0 aliphatic heterocycles. The predicted octanol–water partition coefficient (Wildman–Crippen LogP) is 5.92. The van der Waals surface area contributed by atoms with Crippen molar-refractivity contribution in [3.8, 4) is 11.5 Å². The van der Waals surface area contributed by atoms with Crippen LogP contribution >= 0.6 is 0 Å². The van der Waals surface area contributed by atoms with E-state index in [0.29, 0.717) is 34.9 Å². The number of aromatic nitrogens is 1. The van der Waals surface area contributed by atoms with Gasteiger partial charge in [0.15, 0.2) is 17.3 Å². The molecule has 42 heavy (non-hydrogen) atoms. The summed E-state index contributed by atoms with van der Waals surface area (Å²) in [5.74, 6) is 0.640. The number of anilines is 2. The smallest absolute Gasteiger partial charge is 0.248 e. The van der Waals surface area contributed by atoms with Crippen molar-refractivity contribution in [2.75, 3.05) is 24.4 Å². The zero-order valence-electron chi connectivity index (χ0n) is 25.7. The highest BCUT2D eigenvalue weighted by molar-refractivity contribution is 6.03. The minimum Gasteiger partial charge on any atom is -0.493 e. The van der Waals surface area contributed by atoms with Gasteiger partial charge in [0.25, 0.3) is 0 Å². The molecule has 10 heteroatoms. The highest BCUT2D eigenvalue weighted by Crippen LogP contribution is 2.40. The molecule has 1 atom stereocenters. The Morgan fingerprint density at radius 3 is 2.26 bits per heavy atom. The van der Waals surface area contributed by atoms with E-state index in [0.717, 1.165) is 5.56 Å². The maximum atomic E-state index is 14.2. The van der Waals surface area contributed by atoms with E-state index in [-0.39, 0.29) is 24.6 Å². The van der Waals surface area contributed by atoms with Crippen LogP contribution in [-0.4, -0.2) is 42.6 Å². The standard InChI is InChI=1S/C32H42N4O6/c1-9-32(5,6)34-31(39)29(24-11-10-12-25(40-7)30(24)41-8)36(23-15-13-22(14-16-23)20(2)3)28(38)18-17-27(37)33-26-19-21(4)42-35-26/h10-16,19-20,29H,9,17-18H2,1-8H3,(H,34,39)(H,33,35,37). The van der Waals surface area contributed by atoms with E-state index < -0.39 is 29.3 Å². The third-order valence-corrected chi connectivity index (χ3v) is 7.15. The number of aryl methyl sites for hydroxylation is 1. The molecule has 1 unspecified atom stereocenters. The van der Waals surface area contributed by atoms with Crippen molar-refractivity contribution in [2.24, 2.45) is 0 Å². The van der Waals surface area contributed by atoms with E-state index >= 15 is 0 Å². The topological polar surface area (TPSA) is 123 Å². The lowest BCUT2D eigenvalue weighted by Gasteiger charge is -2.35. The zero-order valence-corrected chi connectivity index (χ0v) is 25.7. The van der Waals surface area contributed by atoms with Gasteiger partial charge in [-0.1, -0.05) is 50.2 Å². The highest BCUT2D eigenvalue weighted by Gasteiger charge is 2.37. The van der Waals surface area contributed by atoms with Crippen molar-refractivity contribution in [3.05, 3.63) is 65.4 Å². The predicted molar refractivity (Wildman–Crippen MR) is 162 cm³/mol. The van der Waals surface area contributed by atoms with Crippen LogP contribution in [0.5, 0.6) is 11.5 Å².